The summed E-state index contributed by atoms with van der Waals surface area (Å²) in [6.45, 7) is 1.86. The van der Waals surface area contributed by atoms with E-state index in [-0.39, 0.29) is 5.69 Å². The number of nitro benzene ring substituents is 1. The van der Waals surface area contributed by atoms with Crippen LogP contribution >= 0.6 is 0 Å². The fraction of sp³-hybridized carbons (Fsp3) is 0.273. The number of benzene rings is 1. The molecule has 0 fully saturated rings. The zero-order valence-electron chi connectivity index (χ0n) is 8.80. The number of rotatable bonds is 3. The number of aromatic nitrogens is 1. The summed E-state index contributed by atoms with van der Waals surface area (Å²) in [7, 11) is 0. The Morgan fingerprint density at radius 2 is 2.31 bits per heavy atom. The SMILES string of the molecule is CC[C@H](O)c1c[nH]c2ccc([N+](=O)[O-])cc12. The lowest BCUT2D eigenvalue weighted by molar-refractivity contribution is -0.384. The molecule has 0 saturated carbocycles. The number of nitro groups is 1. The zero-order chi connectivity index (χ0) is 11.7. The maximum Gasteiger partial charge on any atom is 0.270 e. The first-order valence-electron chi connectivity index (χ1n) is 5.07. The molecule has 5 nitrogen and oxygen atoms in total. The van der Waals surface area contributed by atoms with Gasteiger partial charge in [0, 0.05) is 34.8 Å². The lowest BCUT2D eigenvalue weighted by atomic mass is 10.1. The maximum absolute atomic E-state index is 10.7. The van der Waals surface area contributed by atoms with Crippen molar-refractivity contribution in [3.63, 3.8) is 0 Å². The van der Waals surface area contributed by atoms with Crippen LogP contribution in [0.5, 0.6) is 0 Å². The van der Waals surface area contributed by atoms with Crippen molar-refractivity contribution in [2.75, 3.05) is 0 Å². The molecular weight excluding hydrogens is 208 g/mol. The van der Waals surface area contributed by atoms with Gasteiger partial charge < -0.3 is 10.1 Å². The van der Waals surface area contributed by atoms with Crippen molar-refractivity contribution >= 4 is 16.6 Å². The molecule has 2 rings (SSSR count). The number of H-pyrrole nitrogens is 1. The van der Waals surface area contributed by atoms with Gasteiger partial charge in [0.15, 0.2) is 0 Å². The summed E-state index contributed by atoms with van der Waals surface area (Å²) in [6.07, 6.45) is 1.69. The van der Waals surface area contributed by atoms with E-state index in [4.69, 9.17) is 0 Å². The smallest absolute Gasteiger partial charge is 0.270 e. The van der Waals surface area contributed by atoms with Gasteiger partial charge in [-0.2, -0.15) is 0 Å². The van der Waals surface area contributed by atoms with Crippen molar-refractivity contribution in [1.29, 1.82) is 0 Å². The van der Waals surface area contributed by atoms with Gasteiger partial charge in [-0.05, 0) is 12.5 Å². The van der Waals surface area contributed by atoms with Gasteiger partial charge >= 0.3 is 0 Å². The standard InChI is InChI=1S/C11H12N2O3/c1-2-11(14)9-6-12-10-4-3-7(13(15)16)5-8(9)10/h3-6,11-12,14H,2H2,1H3/t11-/m0/s1. The molecule has 0 amide bonds. The topological polar surface area (TPSA) is 79.2 Å². The lowest BCUT2D eigenvalue weighted by Gasteiger charge is -2.05. The van der Waals surface area contributed by atoms with Gasteiger partial charge in [-0.1, -0.05) is 6.92 Å². The molecule has 0 bridgehead atoms. The summed E-state index contributed by atoms with van der Waals surface area (Å²) >= 11 is 0. The molecule has 0 unspecified atom stereocenters. The largest absolute Gasteiger partial charge is 0.388 e. The number of aliphatic hydroxyl groups excluding tert-OH is 1. The van der Waals surface area contributed by atoms with Gasteiger partial charge in [0.1, 0.15) is 0 Å². The van der Waals surface area contributed by atoms with Gasteiger partial charge in [0.25, 0.3) is 5.69 Å². The van der Waals surface area contributed by atoms with Crippen molar-refractivity contribution in [3.8, 4) is 0 Å². The molecule has 5 heteroatoms. The third-order valence-corrected chi connectivity index (χ3v) is 2.65. The maximum atomic E-state index is 10.7. The molecule has 0 aliphatic carbocycles. The van der Waals surface area contributed by atoms with Crippen molar-refractivity contribution in [2.45, 2.75) is 19.4 Å². The number of non-ortho nitro benzene ring substituents is 1. The molecule has 0 aliphatic heterocycles. The van der Waals surface area contributed by atoms with Crippen molar-refractivity contribution in [1.82, 2.24) is 4.98 Å². The molecule has 1 aromatic heterocycles. The molecule has 0 spiro atoms. The summed E-state index contributed by atoms with van der Waals surface area (Å²) in [4.78, 5) is 13.2. The van der Waals surface area contributed by atoms with Gasteiger partial charge in [-0.25, -0.2) is 0 Å². The second kappa shape index (κ2) is 3.94. The average Bonchev–Trinajstić information content (AvgIpc) is 2.70. The number of nitrogens with zero attached hydrogens (tertiary/aromatic N) is 1. The van der Waals surface area contributed by atoms with Crippen molar-refractivity contribution in [3.05, 3.63) is 40.1 Å². The van der Waals surface area contributed by atoms with Crippen LogP contribution in [0.3, 0.4) is 0 Å². The average molecular weight is 220 g/mol. The van der Waals surface area contributed by atoms with Crippen molar-refractivity contribution in [2.24, 2.45) is 0 Å². The number of fused-ring (bicyclic) bond motifs is 1. The minimum absolute atomic E-state index is 0.0386. The van der Waals surface area contributed by atoms with E-state index in [1.54, 1.807) is 12.3 Å². The summed E-state index contributed by atoms with van der Waals surface area (Å²) in [5.74, 6) is 0. The van der Waals surface area contributed by atoms with Crippen LogP contribution in [0, 0.1) is 10.1 Å². The Morgan fingerprint density at radius 1 is 1.56 bits per heavy atom. The third kappa shape index (κ3) is 1.65. The summed E-state index contributed by atoms with van der Waals surface area (Å²) in [6, 6.07) is 4.58. The van der Waals surface area contributed by atoms with Crippen molar-refractivity contribution < 1.29 is 10.0 Å². The molecule has 2 N–H and O–H groups in total. The summed E-state index contributed by atoms with van der Waals surface area (Å²) in [5.41, 5.74) is 1.55. The zero-order valence-corrected chi connectivity index (χ0v) is 8.80. The molecule has 0 saturated heterocycles. The fourth-order valence-electron chi connectivity index (χ4n) is 1.74. The van der Waals surface area contributed by atoms with Gasteiger partial charge in [-0.3, -0.25) is 10.1 Å². The van der Waals surface area contributed by atoms with E-state index >= 15 is 0 Å². The van der Waals surface area contributed by atoms with Crippen LogP contribution in [-0.2, 0) is 0 Å². The number of hydrogen-bond donors (Lipinski definition) is 2. The first-order chi connectivity index (χ1) is 7.63. The van der Waals surface area contributed by atoms with E-state index in [1.165, 1.54) is 12.1 Å². The molecule has 16 heavy (non-hydrogen) atoms. The molecular formula is C11H12N2O3. The predicted molar refractivity (Wildman–Crippen MR) is 60.2 cm³/mol. The summed E-state index contributed by atoms with van der Waals surface area (Å²) in [5, 5.41) is 21.1. The minimum Gasteiger partial charge on any atom is -0.388 e. The lowest BCUT2D eigenvalue weighted by Crippen LogP contribution is -1.93. The highest BCUT2D eigenvalue weighted by Crippen LogP contribution is 2.28. The van der Waals surface area contributed by atoms with Crippen LogP contribution in [-0.4, -0.2) is 15.0 Å². The second-order valence-corrected chi connectivity index (χ2v) is 3.66. The number of nitrogens with one attached hydrogen (secondary N) is 1. The van der Waals surface area contributed by atoms with Gasteiger partial charge in [0.05, 0.1) is 11.0 Å². The molecule has 84 valence electrons. The van der Waals surface area contributed by atoms with E-state index in [1.807, 2.05) is 6.92 Å². The highest BCUT2D eigenvalue weighted by Gasteiger charge is 2.14. The number of hydrogen-bond acceptors (Lipinski definition) is 3. The molecule has 1 aromatic carbocycles. The molecule has 1 atom stereocenters. The van der Waals surface area contributed by atoms with Crippen LogP contribution in [0.4, 0.5) is 5.69 Å². The normalized spacial score (nSPS) is 12.9. The van der Waals surface area contributed by atoms with Crippen LogP contribution in [0.2, 0.25) is 0 Å². The Bertz CT molecular complexity index is 533. The number of aliphatic hydroxyl groups is 1. The van der Waals surface area contributed by atoms with Crippen LogP contribution in [0.25, 0.3) is 10.9 Å². The second-order valence-electron chi connectivity index (χ2n) is 3.66. The van der Waals surface area contributed by atoms with Crippen LogP contribution in [0.1, 0.15) is 25.0 Å². The van der Waals surface area contributed by atoms with Gasteiger partial charge in [-0.15, -0.1) is 0 Å². The Labute approximate surface area is 91.9 Å². The fourth-order valence-corrected chi connectivity index (χ4v) is 1.74. The van der Waals surface area contributed by atoms with Crippen LogP contribution in [0.15, 0.2) is 24.4 Å². The van der Waals surface area contributed by atoms with Crippen LogP contribution < -0.4 is 0 Å². The van der Waals surface area contributed by atoms with E-state index in [0.29, 0.717) is 17.4 Å². The monoisotopic (exact) mass is 220 g/mol. The van der Waals surface area contributed by atoms with E-state index in [0.717, 1.165) is 5.52 Å². The predicted octanol–water partition coefficient (Wildman–Crippen LogP) is 2.52. The molecule has 0 radical (unpaired) electrons. The first kappa shape index (κ1) is 10.6. The molecule has 2 aromatic rings. The molecule has 1 heterocycles. The summed E-state index contributed by atoms with van der Waals surface area (Å²) < 4.78 is 0. The Hall–Kier alpha value is -1.88. The van der Waals surface area contributed by atoms with E-state index in [2.05, 4.69) is 4.98 Å². The highest BCUT2D eigenvalue weighted by molar-refractivity contribution is 5.85. The first-order valence-corrected chi connectivity index (χ1v) is 5.07. The number of aromatic amines is 1. The Balaban J connectivity index is 2.60. The van der Waals surface area contributed by atoms with Gasteiger partial charge in [0.2, 0.25) is 0 Å². The van der Waals surface area contributed by atoms with E-state index in [9.17, 15) is 15.2 Å². The minimum atomic E-state index is -0.587. The quantitative estimate of drug-likeness (QED) is 0.616. The van der Waals surface area contributed by atoms with E-state index < -0.39 is 11.0 Å². The highest BCUT2D eigenvalue weighted by atomic mass is 16.6. The molecule has 0 aliphatic rings. The third-order valence-electron chi connectivity index (χ3n) is 2.65. The Morgan fingerprint density at radius 3 is 2.94 bits per heavy atom. The Kier molecular flexibility index (Phi) is 2.62.